The van der Waals surface area contributed by atoms with Gasteiger partial charge in [0.05, 0.1) is 12.3 Å². The predicted molar refractivity (Wildman–Crippen MR) is 82.9 cm³/mol. The zero-order valence-electron chi connectivity index (χ0n) is 12.0. The van der Waals surface area contributed by atoms with Gasteiger partial charge in [-0.15, -0.1) is 4.40 Å². The quantitative estimate of drug-likeness (QED) is 0.843. The van der Waals surface area contributed by atoms with Crippen LogP contribution in [-0.2, 0) is 19.6 Å². The fraction of sp³-hybridized carbons (Fsp3) is 0.385. The Morgan fingerprint density at radius 2 is 2.18 bits per heavy atom. The van der Waals surface area contributed by atoms with Crippen LogP contribution in [0.1, 0.15) is 20.3 Å². The number of halogens is 1. The van der Waals surface area contributed by atoms with E-state index < -0.39 is 27.1 Å². The Bertz CT molecular complexity index is 719. The lowest BCUT2D eigenvalue weighted by Crippen LogP contribution is -2.26. The van der Waals surface area contributed by atoms with Crippen LogP contribution in [0, 0.1) is 5.82 Å². The van der Waals surface area contributed by atoms with Gasteiger partial charge in [0, 0.05) is 0 Å². The molecule has 120 valence electrons. The Morgan fingerprint density at radius 3 is 2.82 bits per heavy atom. The van der Waals surface area contributed by atoms with Gasteiger partial charge in [-0.3, -0.25) is 4.79 Å². The van der Waals surface area contributed by atoms with Crippen molar-refractivity contribution in [2.24, 2.45) is 4.40 Å². The first-order chi connectivity index (χ1) is 10.4. The summed E-state index contributed by atoms with van der Waals surface area (Å²) in [6.07, 6.45) is 0.459. The van der Waals surface area contributed by atoms with Crippen LogP contribution < -0.4 is 5.32 Å². The number of fused-ring (bicyclic) bond motifs is 1. The molecule has 1 aliphatic heterocycles. The second-order valence-corrected chi connectivity index (χ2v) is 7.17. The van der Waals surface area contributed by atoms with E-state index in [1.165, 1.54) is 6.07 Å². The van der Waals surface area contributed by atoms with E-state index in [0.717, 1.165) is 23.9 Å². The minimum atomic E-state index is -3.99. The highest BCUT2D eigenvalue weighted by atomic mass is 32.2. The normalized spacial score (nSPS) is 17.0. The summed E-state index contributed by atoms with van der Waals surface area (Å²) in [4.78, 5) is 11.6. The number of sulfonamides is 1. The van der Waals surface area contributed by atoms with Crippen molar-refractivity contribution < 1.29 is 22.3 Å². The molecule has 2 rings (SSSR count). The predicted octanol–water partition coefficient (Wildman–Crippen LogP) is 2.37. The summed E-state index contributed by atoms with van der Waals surface area (Å²) >= 11 is 0.975. The Hall–Kier alpha value is -1.61. The molecule has 1 aliphatic rings. The van der Waals surface area contributed by atoms with Gasteiger partial charge < -0.3 is 10.1 Å². The molecule has 1 heterocycles. The van der Waals surface area contributed by atoms with Gasteiger partial charge in [0.15, 0.2) is 5.17 Å². The van der Waals surface area contributed by atoms with E-state index in [0.29, 0.717) is 6.42 Å². The maximum absolute atomic E-state index is 13.2. The molecule has 1 atom stereocenters. The maximum Gasteiger partial charge on any atom is 0.319 e. The highest BCUT2D eigenvalue weighted by Gasteiger charge is 2.29. The van der Waals surface area contributed by atoms with Crippen molar-refractivity contribution in [1.29, 1.82) is 0 Å². The third-order valence-corrected chi connectivity index (χ3v) is 5.50. The highest BCUT2D eigenvalue weighted by molar-refractivity contribution is 8.15. The number of carbonyl (C=O) groups excluding carboxylic acids is 1. The third kappa shape index (κ3) is 3.58. The summed E-state index contributed by atoms with van der Waals surface area (Å²) in [6, 6.07) is 3.38. The molecule has 0 saturated heterocycles. The smallest absolute Gasteiger partial charge is 0.319 e. The first-order valence-electron chi connectivity index (χ1n) is 6.62. The van der Waals surface area contributed by atoms with E-state index in [4.69, 9.17) is 4.74 Å². The maximum atomic E-state index is 13.2. The SMILES string of the molecule is CCOC(=O)[C@H](CC)SC1=NS(=O)(=O)c2cc(F)ccc2N1. The van der Waals surface area contributed by atoms with Crippen molar-refractivity contribution in [3.8, 4) is 0 Å². The van der Waals surface area contributed by atoms with Gasteiger partial charge in [-0.05, 0) is 31.5 Å². The van der Waals surface area contributed by atoms with Crippen LogP contribution in [0.2, 0.25) is 0 Å². The second kappa shape index (κ2) is 6.66. The number of hydrogen-bond acceptors (Lipinski definition) is 6. The zero-order chi connectivity index (χ0) is 16.3. The molecule has 6 nitrogen and oxygen atoms in total. The monoisotopic (exact) mass is 346 g/mol. The van der Waals surface area contributed by atoms with Crippen molar-refractivity contribution in [1.82, 2.24) is 0 Å². The fourth-order valence-corrected chi connectivity index (χ4v) is 4.08. The van der Waals surface area contributed by atoms with Crippen molar-refractivity contribution in [3.05, 3.63) is 24.0 Å². The van der Waals surface area contributed by atoms with Crippen LogP contribution in [0.4, 0.5) is 10.1 Å². The van der Waals surface area contributed by atoms with Crippen molar-refractivity contribution in [3.63, 3.8) is 0 Å². The number of rotatable bonds is 4. The molecule has 22 heavy (non-hydrogen) atoms. The third-order valence-electron chi connectivity index (χ3n) is 2.84. The van der Waals surface area contributed by atoms with Gasteiger partial charge in [0.1, 0.15) is 16.0 Å². The molecule has 0 unspecified atom stereocenters. The summed E-state index contributed by atoms with van der Waals surface area (Å²) in [5, 5.41) is 2.30. The summed E-state index contributed by atoms with van der Waals surface area (Å²) in [5.41, 5.74) is 0.234. The molecule has 0 radical (unpaired) electrons. The standard InChI is InChI=1S/C13H15FN2O4S2/c1-3-10(12(17)20-4-2)21-13-15-9-6-5-8(14)7-11(9)22(18,19)16-13/h5-7,10H,3-4H2,1-2H3,(H,15,16)/t10-/m0/s1. The molecule has 0 saturated carbocycles. The topological polar surface area (TPSA) is 84.8 Å². The molecule has 0 spiro atoms. The fourth-order valence-electron chi connectivity index (χ4n) is 1.83. The largest absolute Gasteiger partial charge is 0.465 e. The van der Waals surface area contributed by atoms with E-state index in [1.807, 2.05) is 0 Å². The lowest BCUT2D eigenvalue weighted by Gasteiger charge is -2.20. The van der Waals surface area contributed by atoms with E-state index in [1.54, 1.807) is 13.8 Å². The summed E-state index contributed by atoms with van der Waals surface area (Å²) in [6.45, 7) is 3.73. The Kier molecular flexibility index (Phi) is 5.07. The summed E-state index contributed by atoms with van der Waals surface area (Å²) in [7, 11) is -3.99. The number of anilines is 1. The number of benzene rings is 1. The number of hydrogen-bond donors (Lipinski definition) is 1. The molecule has 0 aliphatic carbocycles. The molecule has 0 bridgehead atoms. The minimum absolute atomic E-state index is 0.0685. The van der Waals surface area contributed by atoms with Gasteiger partial charge in [0.25, 0.3) is 10.0 Å². The van der Waals surface area contributed by atoms with Crippen LogP contribution in [0.25, 0.3) is 0 Å². The molecule has 1 N–H and O–H groups in total. The number of nitrogens with one attached hydrogen (secondary N) is 1. The average Bonchev–Trinajstić information content (AvgIpc) is 2.45. The minimum Gasteiger partial charge on any atom is -0.465 e. The zero-order valence-corrected chi connectivity index (χ0v) is 13.6. The van der Waals surface area contributed by atoms with Crippen molar-refractivity contribution in [2.45, 2.75) is 30.4 Å². The second-order valence-electron chi connectivity index (χ2n) is 4.40. The van der Waals surface area contributed by atoms with Gasteiger partial charge in [-0.2, -0.15) is 8.42 Å². The number of esters is 1. The molecule has 0 amide bonds. The number of ether oxygens (including phenoxy) is 1. The van der Waals surface area contributed by atoms with E-state index in [-0.39, 0.29) is 22.4 Å². The van der Waals surface area contributed by atoms with Crippen molar-refractivity contribution >= 4 is 38.6 Å². The van der Waals surface area contributed by atoms with Gasteiger partial charge in [-0.1, -0.05) is 18.7 Å². The Balaban J connectivity index is 2.26. The van der Waals surface area contributed by atoms with Crippen LogP contribution in [-0.4, -0.2) is 31.4 Å². The molecule has 9 heteroatoms. The first-order valence-corrected chi connectivity index (χ1v) is 8.94. The van der Waals surface area contributed by atoms with Crippen LogP contribution >= 0.6 is 11.8 Å². The van der Waals surface area contributed by atoms with Crippen LogP contribution in [0.5, 0.6) is 0 Å². The lowest BCUT2D eigenvalue weighted by molar-refractivity contribution is -0.142. The van der Waals surface area contributed by atoms with E-state index in [9.17, 15) is 17.6 Å². The number of thioether (sulfide) groups is 1. The molecule has 0 aromatic heterocycles. The Morgan fingerprint density at radius 1 is 1.45 bits per heavy atom. The average molecular weight is 346 g/mol. The first kappa shape index (κ1) is 16.8. The number of nitrogens with zero attached hydrogens (tertiary/aromatic N) is 1. The van der Waals surface area contributed by atoms with Crippen LogP contribution in [0.3, 0.4) is 0 Å². The van der Waals surface area contributed by atoms with E-state index in [2.05, 4.69) is 9.71 Å². The molecular formula is C13H15FN2O4S2. The van der Waals surface area contributed by atoms with Crippen LogP contribution in [0.15, 0.2) is 27.5 Å². The molecule has 1 aromatic rings. The highest BCUT2D eigenvalue weighted by Crippen LogP contribution is 2.31. The number of amidine groups is 1. The summed E-state index contributed by atoms with van der Waals surface area (Å²) < 4.78 is 45.9. The van der Waals surface area contributed by atoms with Gasteiger partial charge >= 0.3 is 5.97 Å². The molecule has 0 fully saturated rings. The molecular weight excluding hydrogens is 331 g/mol. The lowest BCUT2D eigenvalue weighted by atomic mass is 10.3. The van der Waals surface area contributed by atoms with E-state index >= 15 is 0 Å². The summed E-state index contributed by atoms with van der Waals surface area (Å²) in [5.74, 6) is -1.09. The Labute approximate surface area is 132 Å². The van der Waals surface area contributed by atoms with Gasteiger partial charge in [-0.25, -0.2) is 4.39 Å². The molecule has 1 aromatic carbocycles. The van der Waals surface area contributed by atoms with Crippen molar-refractivity contribution in [2.75, 3.05) is 11.9 Å². The van der Waals surface area contributed by atoms with Gasteiger partial charge in [0.2, 0.25) is 0 Å². The number of carbonyl (C=O) groups is 1.